The molecule has 1 amide bonds. The van der Waals surface area contributed by atoms with Gasteiger partial charge in [-0.25, -0.2) is 18.4 Å². The lowest BCUT2D eigenvalue weighted by Crippen LogP contribution is -2.61. The maximum Gasteiger partial charge on any atom is 0.257 e. The average molecular weight is 573 g/mol. The second kappa shape index (κ2) is 11.0. The monoisotopic (exact) mass is 571 g/mol. The number of piperidine rings is 1. The van der Waals surface area contributed by atoms with E-state index in [0.29, 0.717) is 42.9 Å². The Labute approximate surface area is 228 Å². The highest BCUT2D eigenvalue weighted by molar-refractivity contribution is 7.88. The number of amides is 1. The normalized spacial score (nSPS) is 26.0. The van der Waals surface area contributed by atoms with Crippen LogP contribution in [0.25, 0.3) is 0 Å². The Morgan fingerprint density at radius 3 is 2.54 bits per heavy atom. The number of allylic oxidation sites excluding steroid dienone is 1. The van der Waals surface area contributed by atoms with Gasteiger partial charge in [-0.05, 0) is 38.3 Å². The fourth-order valence-corrected chi connectivity index (χ4v) is 6.64. The number of nitrogens with two attached hydrogens (primary N) is 1. The van der Waals surface area contributed by atoms with Crippen molar-refractivity contribution < 1.29 is 13.2 Å². The lowest BCUT2D eigenvalue weighted by Gasteiger charge is -2.49. The summed E-state index contributed by atoms with van der Waals surface area (Å²) in [6.45, 7) is 7.85. The minimum atomic E-state index is -3.38. The van der Waals surface area contributed by atoms with Crippen molar-refractivity contribution in [1.82, 2.24) is 24.4 Å². The number of hydrogen-bond acceptors (Lipinski definition) is 8. The Morgan fingerprint density at radius 1 is 1.24 bits per heavy atom. The molecular formula is C24H35Cl2N7O3S. The lowest BCUT2D eigenvalue weighted by molar-refractivity contribution is 0.0294. The van der Waals surface area contributed by atoms with Crippen molar-refractivity contribution >= 4 is 50.8 Å². The van der Waals surface area contributed by atoms with E-state index in [1.165, 1.54) is 0 Å². The van der Waals surface area contributed by atoms with Crippen molar-refractivity contribution in [3.05, 3.63) is 34.7 Å². The summed E-state index contributed by atoms with van der Waals surface area (Å²) in [5, 5.41) is 0.271. The van der Waals surface area contributed by atoms with Crippen LogP contribution in [0.4, 0.5) is 5.82 Å². The Hall–Kier alpha value is -2.08. The van der Waals surface area contributed by atoms with E-state index in [1.807, 2.05) is 11.8 Å². The van der Waals surface area contributed by atoms with Crippen molar-refractivity contribution in [2.75, 3.05) is 44.7 Å². The minimum absolute atomic E-state index is 0.105. The molecule has 1 aromatic rings. The summed E-state index contributed by atoms with van der Waals surface area (Å²) in [4.78, 5) is 27.4. The van der Waals surface area contributed by atoms with E-state index in [4.69, 9.17) is 28.9 Å². The summed E-state index contributed by atoms with van der Waals surface area (Å²) < 4.78 is 25.8. The van der Waals surface area contributed by atoms with Crippen LogP contribution < -0.4 is 10.5 Å². The van der Waals surface area contributed by atoms with Gasteiger partial charge < -0.3 is 15.5 Å². The zero-order valence-corrected chi connectivity index (χ0v) is 23.8. The second-order valence-electron chi connectivity index (χ2n) is 10.2. The van der Waals surface area contributed by atoms with Gasteiger partial charge in [-0.1, -0.05) is 18.5 Å². The molecule has 13 heteroatoms. The molecule has 1 aromatic heterocycles. The zero-order chi connectivity index (χ0) is 27.0. The number of rotatable bonds is 5. The number of aromatic nitrogens is 1. The number of anilines is 1. The number of alkyl halides is 1. The number of nitrogens with zero attached hydrogens (tertiary/aromatic N) is 5. The lowest BCUT2D eigenvalue weighted by atomic mass is 9.95. The molecule has 0 radical (unpaired) electrons. The van der Waals surface area contributed by atoms with Crippen molar-refractivity contribution in [3.63, 3.8) is 0 Å². The number of carbonyl (C=O) groups excluding carboxylic acids is 1. The number of aliphatic imine (C=N–C) groups is 1. The molecule has 204 valence electrons. The number of nitrogen functional groups attached to an aromatic ring is 1. The molecule has 37 heavy (non-hydrogen) atoms. The van der Waals surface area contributed by atoms with Crippen molar-refractivity contribution in [3.8, 4) is 0 Å². The highest BCUT2D eigenvalue weighted by Gasteiger charge is 2.40. The molecule has 2 fully saturated rings. The van der Waals surface area contributed by atoms with Crippen LogP contribution in [-0.2, 0) is 10.0 Å². The third kappa shape index (κ3) is 6.50. The number of piperazine rings is 1. The molecule has 3 aliphatic rings. The van der Waals surface area contributed by atoms with Gasteiger partial charge >= 0.3 is 0 Å². The van der Waals surface area contributed by atoms with E-state index >= 15 is 0 Å². The predicted molar refractivity (Wildman–Crippen MR) is 147 cm³/mol. The van der Waals surface area contributed by atoms with E-state index in [2.05, 4.69) is 31.4 Å². The molecule has 4 heterocycles. The molecule has 2 atom stereocenters. The van der Waals surface area contributed by atoms with Crippen molar-refractivity contribution in [1.29, 1.82) is 0 Å². The number of carbonyl (C=O) groups is 1. The fourth-order valence-electron chi connectivity index (χ4n) is 5.58. The van der Waals surface area contributed by atoms with Crippen molar-refractivity contribution in [2.45, 2.75) is 56.5 Å². The average Bonchev–Trinajstić information content (AvgIpc) is 2.82. The first-order valence-electron chi connectivity index (χ1n) is 12.5. The summed E-state index contributed by atoms with van der Waals surface area (Å²) in [6.07, 6.45) is 5.81. The summed E-state index contributed by atoms with van der Waals surface area (Å²) in [7, 11) is -3.38. The number of pyridine rings is 1. The first-order valence-corrected chi connectivity index (χ1v) is 15.2. The van der Waals surface area contributed by atoms with E-state index in [-0.39, 0.29) is 16.9 Å². The van der Waals surface area contributed by atoms with Crippen LogP contribution in [0.5, 0.6) is 0 Å². The Bertz CT molecular complexity index is 1200. The molecule has 0 aliphatic carbocycles. The molecule has 0 aromatic carbocycles. The van der Waals surface area contributed by atoms with Crippen LogP contribution in [0.3, 0.4) is 0 Å². The molecule has 10 nitrogen and oxygen atoms in total. The van der Waals surface area contributed by atoms with Crippen molar-refractivity contribution in [2.24, 2.45) is 4.99 Å². The van der Waals surface area contributed by atoms with Crippen LogP contribution >= 0.6 is 23.2 Å². The molecule has 3 aliphatic heterocycles. The highest BCUT2D eigenvalue weighted by Crippen LogP contribution is 2.33. The maximum atomic E-state index is 13.0. The molecule has 3 N–H and O–H groups in total. The number of amidine groups is 1. The van der Waals surface area contributed by atoms with Gasteiger partial charge in [0, 0.05) is 63.1 Å². The summed E-state index contributed by atoms with van der Waals surface area (Å²) in [6, 6.07) is 3.94. The Balaban J connectivity index is 1.38. The first kappa shape index (κ1) is 27.9. The number of hydrogen-bond donors (Lipinski definition) is 2. The highest BCUT2D eigenvalue weighted by atomic mass is 35.5. The van der Waals surface area contributed by atoms with E-state index in [0.717, 1.165) is 51.0 Å². The molecule has 4 rings (SSSR count). The van der Waals surface area contributed by atoms with Crippen LogP contribution in [0.2, 0.25) is 5.15 Å². The first-order chi connectivity index (χ1) is 17.4. The minimum Gasteiger partial charge on any atom is -0.383 e. The predicted octanol–water partition coefficient (Wildman–Crippen LogP) is 2.51. The van der Waals surface area contributed by atoms with Gasteiger partial charge in [-0.15, -0.1) is 11.6 Å². The van der Waals surface area contributed by atoms with Crippen LogP contribution in [0.1, 0.15) is 49.9 Å². The van der Waals surface area contributed by atoms with Gasteiger partial charge in [0.1, 0.15) is 21.7 Å². The van der Waals surface area contributed by atoms with Gasteiger partial charge in [0.15, 0.2) is 0 Å². The SMILES string of the molecule is CCC1CN(C2=NC=C(NS(C)(=O)=O)CC2(C)Cl)CCN1C1CCN(C(=O)c2ccc(Cl)nc2N)CC1. The number of nitrogens with one attached hydrogen (secondary N) is 1. The Kier molecular flexibility index (Phi) is 8.27. The standard InChI is InChI=1S/C24H35Cl2N7O3S/c1-4-17-15-32(23-24(2,26)13-16(14-28-23)30-37(3,35)36)11-12-33(17)18-7-9-31(10-8-18)22(34)19-5-6-20(25)29-21(19)27/h5-6,14,17-18,30H,4,7-13,15H2,1-3H3,(H2,27,29). The fraction of sp³-hybridized carbons (Fsp3) is 0.625. The maximum absolute atomic E-state index is 13.0. The third-order valence-electron chi connectivity index (χ3n) is 7.29. The summed E-state index contributed by atoms with van der Waals surface area (Å²) in [5.41, 5.74) is 6.81. The van der Waals surface area contributed by atoms with Gasteiger partial charge in [0.25, 0.3) is 5.91 Å². The number of halogens is 2. The van der Waals surface area contributed by atoms with Gasteiger partial charge in [-0.2, -0.15) is 0 Å². The van der Waals surface area contributed by atoms with Crippen LogP contribution in [0, 0.1) is 0 Å². The molecular weight excluding hydrogens is 537 g/mol. The largest absolute Gasteiger partial charge is 0.383 e. The molecule has 2 unspecified atom stereocenters. The number of sulfonamides is 1. The van der Waals surface area contributed by atoms with Gasteiger partial charge in [0.2, 0.25) is 10.0 Å². The van der Waals surface area contributed by atoms with E-state index in [9.17, 15) is 13.2 Å². The topological polar surface area (TPSA) is 124 Å². The molecule has 0 bridgehead atoms. The van der Waals surface area contributed by atoms with E-state index in [1.54, 1.807) is 18.3 Å². The number of likely N-dealkylation sites (tertiary alicyclic amines) is 1. The van der Waals surface area contributed by atoms with E-state index < -0.39 is 14.9 Å². The summed E-state index contributed by atoms with van der Waals surface area (Å²) in [5.74, 6) is 0.833. The quantitative estimate of drug-likeness (QED) is 0.411. The molecule has 0 saturated carbocycles. The van der Waals surface area contributed by atoms with Gasteiger partial charge in [-0.3, -0.25) is 14.4 Å². The van der Waals surface area contributed by atoms with Crippen LogP contribution in [0.15, 0.2) is 29.0 Å². The molecule has 2 saturated heterocycles. The third-order valence-corrected chi connectivity index (χ3v) is 8.43. The second-order valence-corrected chi connectivity index (χ2v) is 13.2. The zero-order valence-electron chi connectivity index (χ0n) is 21.5. The van der Waals surface area contributed by atoms with Crippen LogP contribution in [-0.4, -0.2) is 95.8 Å². The smallest absolute Gasteiger partial charge is 0.257 e. The summed E-state index contributed by atoms with van der Waals surface area (Å²) >= 11 is 12.7. The Morgan fingerprint density at radius 2 is 1.95 bits per heavy atom. The van der Waals surface area contributed by atoms with Gasteiger partial charge in [0.05, 0.1) is 11.8 Å². The molecule has 0 spiro atoms.